The smallest absolute Gasteiger partial charge is 0.103 e. The van der Waals surface area contributed by atoms with Crippen LogP contribution in [-0.2, 0) is 4.74 Å². The van der Waals surface area contributed by atoms with Crippen LogP contribution >= 0.6 is 0 Å². The minimum Gasteiger partial charge on any atom is -0.380 e. The number of benzene rings is 1. The summed E-state index contributed by atoms with van der Waals surface area (Å²) in [4.78, 5) is 6.63. The molecule has 0 amide bonds. The van der Waals surface area contributed by atoms with E-state index in [1.54, 1.807) is 13.3 Å². The van der Waals surface area contributed by atoms with Gasteiger partial charge in [-0.25, -0.2) is 0 Å². The lowest BCUT2D eigenvalue weighted by Gasteiger charge is -2.34. The van der Waals surface area contributed by atoms with Crippen molar-refractivity contribution in [2.24, 2.45) is 0 Å². The number of rotatable bonds is 2. The topological polar surface area (TPSA) is 49.1 Å². The molecule has 4 nitrogen and oxygen atoms in total. The van der Waals surface area contributed by atoms with E-state index in [0.29, 0.717) is 5.56 Å². The molecule has 0 spiro atoms. The molecule has 1 atom stereocenters. The molecule has 3 rings (SSSR count). The number of para-hydroxylation sites is 1. The highest BCUT2D eigenvalue weighted by Gasteiger charge is 2.23. The van der Waals surface area contributed by atoms with Gasteiger partial charge in [0.05, 0.1) is 22.9 Å². The number of aromatic nitrogens is 1. The van der Waals surface area contributed by atoms with Gasteiger partial charge in [0, 0.05) is 31.8 Å². The van der Waals surface area contributed by atoms with E-state index in [4.69, 9.17) is 4.74 Å². The summed E-state index contributed by atoms with van der Waals surface area (Å²) in [5.41, 5.74) is 2.57. The van der Waals surface area contributed by atoms with Gasteiger partial charge in [0.15, 0.2) is 0 Å². The van der Waals surface area contributed by atoms with Crippen molar-refractivity contribution >= 4 is 16.6 Å². The Morgan fingerprint density at radius 2 is 2.25 bits per heavy atom. The number of nitrogens with zero attached hydrogens (tertiary/aromatic N) is 3. The van der Waals surface area contributed by atoms with Crippen molar-refractivity contribution in [3.05, 3.63) is 36.0 Å². The molecule has 0 N–H and O–H groups in total. The normalized spacial score (nSPS) is 19.0. The Kier molecular flexibility index (Phi) is 3.53. The van der Waals surface area contributed by atoms with Crippen LogP contribution in [0.5, 0.6) is 0 Å². The van der Waals surface area contributed by atoms with Crippen LogP contribution in [0.3, 0.4) is 0 Å². The van der Waals surface area contributed by atoms with Crippen LogP contribution in [0.4, 0.5) is 5.69 Å². The van der Waals surface area contributed by atoms with Crippen LogP contribution in [-0.4, -0.2) is 31.3 Å². The second kappa shape index (κ2) is 5.48. The first kappa shape index (κ1) is 12.9. The number of hydrogen-bond donors (Lipinski definition) is 0. The summed E-state index contributed by atoms with van der Waals surface area (Å²) in [6.07, 6.45) is 4.08. The fraction of sp³-hybridized carbons (Fsp3) is 0.375. The molecule has 1 aromatic heterocycles. The molecular weight excluding hydrogens is 250 g/mol. The number of ether oxygens (including phenoxy) is 1. The summed E-state index contributed by atoms with van der Waals surface area (Å²) in [6.45, 7) is 1.79. The lowest BCUT2D eigenvalue weighted by atomic mass is 10.0. The van der Waals surface area contributed by atoms with Crippen LogP contribution < -0.4 is 4.90 Å². The van der Waals surface area contributed by atoms with Crippen molar-refractivity contribution in [1.82, 2.24) is 4.98 Å². The molecule has 2 aromatic rings. The number of fused-ring (bicyclic) bond motifs is 1. The molecule has 1 aromatic carbocycles. The van der Waals surface area contributed by atoms with Gasteiger partial charge in [0.25, 0.3) is 0 Å². The number of piperidine rings is 1. The van der Waals surface area contributed by atoms with E-state index >= 15 is 0 Å². The second-order valence-corrected chi connectivity index (χ2v) is 5.10. The number of nitriles is 1. The molecule has 1 saturated heterocycles. The molecule has 4 heteroatoms. The predicted octanol–water partition coefficient (Wildman–Crippen LogP) is 2.72. The van der Waals surface area contributed by atoms with Crippen molar-refractivity contribution in [2.45, 2.75) is 18.9 Å². The minimum atomic E-state index is 0.238. The molecular formula is C16H17N3O. The Balaban J connectivity index is 2.11. The molecule has 0 radical (unpaired) electrons. The van der Waals surface area contributed by atoms with E-state index in [9.17, 15) is 5.26 Å². The molecule has 1 fully saturated rings. The molecule has 102 valence electrons. The Bertz CT molecular complexity index is 662. The fourth-order valence-corrected chi connectivity index (χ4v) is 2.88. The van der Waals surface area contributed by atoms with E-state index in [1.165, 1.54) is 0 Å². The standard InChI is InChI=1S/C16H17N3O/c1-20-13-5-4-8-19(11-13)16-12(9-17)10-18-15-7-3-2-6-14(15)16/h2-3,6-7,10,13H,4-5,8,11H2,1H3. The van der Waals surface area contributed by atoms with E-state index in [-0.39, 0.29) is 6.10 Å². The summed E-state index contributed by atoms with van der Waals surface area (Å²) < 4.78 is 5.49. The van der Waals surface area contributed by atoms with Gasteiger partial charge in [-0.3, -0.25) is 4.98 Å². The summed E-state index contributed by atoms with van der Waals surface area (Å²) in [5, 5.41) is 10.4. The van der Waals surface area contributed by atoms with E-state index < -0.39 is 0 Å². The summed E-state index contributed by atoms with van der Waals surface area (Å²) in [5.74, 6) is 0. The van der Waals surface area contributed by atoms with Gasteiger partial charge in [-0.1, -0.05) is 18.2 Å². The molecule has 1 aliphatic rings. The van der Waals surface area contributed by atoms with Crippen molar-refractivity contribution in [3.63, 3.8) is 0 Å². The van der Waals surface area contributed by atoms with Crippen molar-refractivity contribution in [2.75, 3.05) is 25.1 Å². The van der Waals surface area contributed by atoms with Crippen molar-refractivity contribution in [3.8, 4) is 6.07 Å². The van der Waals surface area contributed by atoms with Gasteiger partial charge in [-0.15, -0.1) is 0 Å². The maximum Gasteiger partial charge on any atom is 0.103 e. The highest BCUT2D eigenvalue weighted by atomic mass is 16.5. The van der Waals surface area contributed by atoms with E-state index in [1.807, 2.05) is 24.3 Å². The number of hydrogen-bond acceptors (Lipinski definition) is 4. The van der Waals surface area contributed by atoms with Crippen LogP contribution in [0.1, 0.15) is 18.4 Å². The van der Waals surface area contributed by atoms with Gasteiger partial charge >= 0.3 is 0 Å². The summed E-state index contributed by atoms with van der Waals surface area (Å²) >= 11 is 0. The third kappa shape index (κ3) is 2.21. The van der Waals surface area contributed by atoms with E-state index in [0.717, 1.165) is 42.5 Å². The molecule has 1 aliphatic heterocycles. The average Bonchev–Trinajstić information content (AvgIpc) is 2.53. The monoisotopic (exact) mass is 267 g/mol. The Morgan fingerprint density at radius 1 is 1.40 bits per heavy atom. The lowest BCUT2D eigenvalue weighted by molar-refractivity contribution is 0.0894. The zero-order valence-electron chi connectivity index (χ0n) is 11.5. The summed E-state index contributed by atoms with van der Waals surface area (Å²) in [7, 11) is 1.75. The quantitative estimate of drug-likeness (QED) is 0.839. The molecule has 0 saturated carbocycles. The third-order valence-corrected chi connectivity index (χ3v) is 3.90. The molecule has 0 bridgehead atoms. The minimum absolute atomic E-state index is 0.238. The largest absolute Gasteiger partial charge is 0.380 e. The first-order valence-corrected chi connectivity index (χ1v) is 6.89. The van der Waals surface area contributed by atoms with Crippen LogP contribution in [0.15, 0.2) is 30.5 Å². The number of pyridine rings is 1. The fourth-order valence-electron chi connectivity index (χ4n) is 2.88. The molecule has 2 heterocycles. The van der Waals surface area contributed by atoms with Gasteiger partial charge in [-0.05, 0) is 18.9 Å². The van der Waals surface area contributed by atoms with Gasteiger partial charge in [0.1, 0.15) is 6.07 Å². The number of methoxy groups -OCH3 is 1. The SMILES string of the molecule is COC1CCCN(c2c(C#N)cnc3ccccc23)C1. The van der Waals surface area contributed by atoms with Gasteiger partial charge in [-0.2, -0.15) is 5.26 Å². The van der Waals surface area contributed by atoms with Gasteiger partial charge in [0.2, 0.25) is 0 Å². The average molecular weight is 267 g/mol. The Morgan fingerprint density at radius 3 is 3.05 bits per heavy atom. The van der Waals surface area contributed by atoms with Crippen LogP contribution in [0.25, 0.3) is 10.9 Å². The molecule has 1 unspecified atom stereocenters. The highest BCUT2D eigenvalue weighted by molar-refractivity contribution is 5.94. The third-order valence-electron chi connectivity index (χ3n) is 3.90. The maximum absolute atomic E-state index is 9.38. The first-order valence-electron chi connectivity index (χ1n) is 6.89. The van der Waals surface area contributed by atoms with Crippen molar-refractivity contribution < 1.29 is 4.74 Å². The highest BCUT2D eigenvalue weighted by Crippen LogP contribution is 2.31. The Hall–Kier alpha value is -2.12. The summed E-state index contributed by atoms with van der Waals surface area (Å²) in [6, 6.07) is 10.3. The zero-order chi connectivity index (χ0) is 13.9. The van der Waals surface area contributed by atoms with Crippen LogP contribution in [0, 0.1) is 11.3 Å². The number of anilines is 1. The van der Waals surface area contributed by atoms with E-state index in [2.05, 4.69) is 16.0 Å². The maximum atomic E-state index is 9.38. The molecule has 20 heavy (non-hydrogen) atoms. The second-order valence-electron chi connectivity index (χ2n) is 5.10. The lowest BCUT2D eigenvalue weighted by Crippen LogP contribution is -2.39. The predicted molar refractivity (Wildman–Crippen MR) is 78.7 cm³/mol. The van der Waals surface area contributed by atoms with Crippen LogP contribution in [0.2, 0.25) is 0 Å². The van der Waals surface area contributed by atoms with Gasteiger partial charge < -0.3 is 9.64 Å². The zero-order valence-corrected chi connectivity index (χ0v) is 11.5. The molecule has 0 aliphatic carbocycles. The van der Waals surface area contributed by atoms with Crippen molar-refractivity contribution in [1.29, 1.82) is 5.26 Å². The first-order chi connectivity index (χ1) is 9.83. The Labute approximate surface area is 118 Å².